The quantitative estimate of drug-likeness (QED) is 0.299. The number of guanidine groups is 1. The number of rotatable bonds is 7. The molecule has 1 aromatic carbocycles. The van der Waals surface area contributed by atoms with Crippen LogP contribution in [0.2, 0.25) is 0 Å². The molecule has 0 saturated heterocycles. The molecule has 2 N–H and O–H groups in total. The van der Waals surface area contributed by atoms with Crippen LogP contribution >= 0.6 is 24.0 Å². The number of halogens is 1. The Morgan fingerprint density at radius 3 is 2.09 bits per heavy atom. The highest BCUT2D eigenvalue weighted by Crippen LogP contribution is 2.24. The first-order chi connectivity index (χ1) is 10.5. The number of hydrogen-bond donors (Lipinski definition) is 2. The Bertz CT molecular complexity index is 456. The van der Waals surface area contributed by atoms with Gasteiger partial charge in [0.05, 0.1) is 13.2 Å². The first kappa shape index (κ1) is 22.0. The van der Waals surface area contributed by atoms with E-state index in [0.29, 0.717) is 19.8 Å². The van der Waals surface area contributed by atoms with Crippen molar-refractivity contribution < 1.29 is 9.47 Å². The molecule has 0 aliphatic carbocycles. The fourth-order valence-corrected chi connectivity index (χ4v) is 1.88. The van der Waals surface area contributed by atoms with Crippen LogP contribution < -0.4 is 15.4 Å². The fourth-order valence-electron chi connectivity index (χ4n) is 1.88. The zero-order chi connectivity index (χ0) is 16.4. The van der Waals surface area contributed by atoms with E-state index in [1.807, 2.05) is 12.1 Å². The first-order valence-electron chi connectivity index (χ1n) is 7.64. The summed E-state index contributed by atoms with van der Waals surface area (Å²) in [6.45, 7) is 9.26. The molecule has 5 nitrogen and oxygen atoms in total. The molecule has 0 atom stereocenters. The predicted molar refractivity (Wildman–Crippen MR) is 107 cm³/mol. The zero-order valence-electron chi connectivity index (χ0n) is 14.8. The van der Waals surface area contributed by atoms with Crippen molar-refractivity contribution in [1.29, 1.82) is 0 Å². The second-order valence-electron chi connectivity index (χ2n) is 6.04. The van der Waals surface area contributed by atoms with Crippen LogP contribution in [0.5, 0.6) is 5.75 Å². The smallest absolute Gasteiger partial charge is 0.191 e. The maximum atomic E-state index is 5.72. The minimum atomic E-state index is 0. The lowest BCUT2D eigenvalue weighted by molar-refractivity contribution is 0.203. The maximum Gasteiger partial charge on any atom is 0.191 e. The van der Waals surface area contributed by atoms with Gasteiger partial charge in [0.1, 0.15) is 12.4 Å². The van der Waals surface area contributed by atoms with Gasteiger partial charge in [-0.25, -0.2) is 0 Å². The van der Waals surface area contributed by atoms with Crippen LogP contribution in [0.1, 0.15) is 26.3 Å². The number of aliphatic imine (C=N–C) groups is 1. The molecule has 0 aromatic heterocycles. The van der Waals surface area contributed by atoms with E-state index >= 15 is 0 Å². The maximum absolute atomic E-state index is 5.72. The van der Waals surface area contributed by atoms with Gasteiger partial charge in [-0.15, -0.1) is 24.0 Å². The molecule has 132 valence electrons. The van der Waals surface area contributed by atoms with E-state index in [1.165, 1.54) is 5.56 Å². The lowest BCUT2D eigenvalue weighted by Crippen LogP contribution is -2.40. The lowest BCUT2D eigenvalue weighted by Gasteiger charge is -2.19. The molecule has 6 heteroatoms. The average Bonchev–Trinajstić information content (AvgIpc) is 2.49. The highest BCUT2D eigenvalue weighted by Gasteiger charge is 2.12. The van der Waals surface area contributed by atoms with Gasteiger partial charge in [-0.3, -0.25) is 4.99 Å². The van der Waals surface area contributed by atoms with Crippen molar-refractivity contribution in [3.63, 3.8) is 0 Å². The van der Waals surface area contributed by atoms with Gasteiger partial charge < -0.3 is 20.1 Å². The molecule has 0 aliphatic heterocycles. The summed E-state index contributed by atoms with van der Waals surface area (Å²) < 4.78 is 10.7. The molecule has 1 aromatic rings. The van der Waals surface area contributed by atoms with Gasteiger partial charge in [-0.2, -0.15) is 0 Å². The molecule has 0 unspecified atom stereocenters. The zero-order valence-corrected chi connectivity index (χ0v) is 17.1. The Hall–Kier alpha value is -1.02. The third kappa shape index (κ3) is 9.00. The van der Waals surface area contributed by atoms with Crippen LogP contribution in [0.3, 0.4) is 0 Å². The molecule has 23 heavy (non-hydrogen) atoms. The highest BCUT2D eigenvalue weighted by atomic mass is 127. The summed E-state index contributed by atoms with van der Waals surface area (Å²) in [5.41, 5.74) is 1.47. The van der Waals surface area contributed by atoms with Gasteiger partial charge >= 0.3 is 0 Å². The fraction of sp³-hybridized carbons (Fsp3) is 0.588. The van der Waals surface area contributed by atoms with Crippen molar-refractivity contribution in [3.8, 4) is 5.75 Å². The number of nitrogens with zero attached hydrogens (tertiary/aromatic N) is 1. The molecule has 1 rings (SSSR count). The summed E-state index contributed by atoms with van der Waals surface area (Å²) in [5.74, 6) is 1.64. The van der Waals surface area contributed by atoms with Crippen molar-refractivity contribution in [2.75, 3.05) is 40.5 Å². The predicted octanol–water partition coefficient (Wildman–Crippen LogP) is 2.79. The van der Waals surface area contributed by atoms with Crippen LogP contribution in [-0.2, 0) is 10.2 Å². The minimum Gasteiger partial charge on any atom is -0.492 e. The van der Waals surface area contributed by atoms with Gasteiger partial charge in [0.2, 0.25) is 0 Å². The Balaban J connectivity index is 0.00000484. The lowest BCUT2D eigenvalue weighted by atomic mass is 9.87. The Labute approximate surface area is 157 Å². The average molecular weight is 435 g/mol. The number of ether oxygens (including phenoxy) is 2. The van der Waals surface area contributed by atoms with E-state index in [9.17, 15) is 0 Å². The minimum absolute atomic E-state index is 0. The van der Waals surface area contributed by atoms with Crippen molar-refractivity contribution >= 4 is 29.9 Å². The molecule has 0 saturated carbocycles. The van der Waals surface area contributed by atoms with Gasteiger partial charge in [-0.1, -0.05) is 32.9 Å². The summed E-state index contributed by atoms with van der Waals surface area (Å²) in [4.78, 5) is 4.13. The highest BCUT2D eigenvalue weighted by molar-refractivity contribution is 14.0. The number of hydrogen-bond acceptors (Lipinski definition) is 3. The van der Waals surface area contributed by atoms with E-state index in [-0.39, 0.29) is 29.4 Å². The van der Waals surface area contributed by atoms with Crippen LogP contribution in [-0.4, -0.2) is 46.4 Å². The van der Waals surface area contributed by atoms with Crippen molar-refractivity contribution in [1.82, 2.24) is 10.6 Å². The molecular weight excluding hydrogens is 405 g/mol. The first-order valence-corrected chi connectivity index (χ1v) is 7.64. The molecule has 0 amide bonds. The van der Waals surface area contributed by atoms with E-state index < -0.39 is 0 Å². The normalized spacial score (nSPS) is 11.6. The summed E-state index contributed by atoms with van der Waals surface area (Å²) in [6, 6.07) is 8.28. The molecule has 0 heterocycles. The van der Waals surface area contributed by atoms with Crippen molar-refractivity contribution in [2.24, 2.45) is 4.99 Å². The molecule has 0 bridgehead atoms. The van der Waals surface area contributed by atoms with E-state index in [4.69, 9.17) is 9.47 Å². The van der Waals surface area contributed by atoms with Crippen molar-refractivity contribution in [3.05, 3.63) is 29.8 Å². The molecule has 0 fully saturated rings. The Morgan fingerprint density at radius 1 is 1.04 bits per heavy atom. The summed E-state index contributed by atoms with van der Waals surface area (Å²) in [5, 5.41) is 6.34. The van der Waals surface area contributed by atoms with Crippen molar-refractivity contribution in [2.45, 2.75) is 26.2 Å². The van der Waals surface area contributed by atoms with Gasteiger partial charge in [0.15, 0.2) is 5.96 Å². The number of methoxy groups -OCH3 is 1. The largest absolute Gasteiger partial charge is 0.492 e. The van der Waals surface area contributed by atoms with Crippen LogP contribution in [0.15, 0.2) is 29.3 Å². The van der Waals surface area contributed by atoms with Crippen LogP contribution in [0.4, 0.5) is 0 Å². The Morgan fingerprint density at radius 2 is 1.61 bits per heavy atom. The third-order valence-corrected chi connectivity index (χ3v) is 3.21. The Kier molecular flexibility index (Phi) is 11.0. The molecule has 0 aliphatic rings. The monoisotopic (exact) mass is 435 g/mol. The van der Waals surface area contributed by atoms with E-state index in [0.717, 1.165) is 18.3 Å². The topological polar surface area (TPSA) is 54.9 Å². The SMILES string of the molecule is CN=C(NCCOC)NCCOc1ccc(C(C)(C)C)cc1.I. The van der Waals surface area contributed by atoms with Gasteiger partial charge in [0, 0.05) is 20.7 Å². The van der Waals surface area contributed by atoms with E-state index in [2.05, 4.69) is 48.5 Å². The summed E-state index contributed by atoms with van der Waals surface area (Å²) in [6.07, 6.45) is 0. The summed E-state index contributed by atoms with van der Waals surface area (Å²) in [7, 11) is 3.42. The number of benzene rings is 1. The second-order valence-corrected chi connectivity index (χ2v) is 6.04. The third-order valence-electron chi connectivity index (χ3n) is 3.21. The molecule has 0 spiro atoms. The second kappa shape index (κ2) is 11.5. The van der Waals surface area contributed by atoms with Crippen LogP contribution in [0.25, 0.3) is 0 Å². The van der Waals surface area contributed by atoms with Crippen LogP contribution in [0, 0.1) is 0 Å². The molecule has 0 radical (unpaired) electrons. The van der Waals surface area contributed by atoms with E-state index in [1.54, 1.807) is 14.2 Å². The van der Waals surface area contributed by atoms with Gasteiger partial charge in [0.25, 0.3) is 0 Å². The van der Waals surface area contributed by atoms with Gasteiger partial charge in [-0.05, 0) is 23.1 Å². The standard InChI is InChI=1S/C17H29N3O2.HI/c1-17(2,3)14-6-8-15(9-7-14)22-13-11-20-16(18-4)19-10-12-21-5;/h6-9H,10-13H2,1-5H3,(H2,18,19,20);1H. The summed E-state index contributed by atoms with van der Waals surface area (Å²) >= 11 is 0. The molecular formula is C17H30IN3O2. The number of nitrogens with one attached hydrogen (secondary N) is 2.